The van der Waals surface area contributed by atoms with Gasteiger partial charge >= 0.3 is 0 Å². The lowest BCUT2D eigenvalue weighted by atomic mass is 9.94. The molecule has 0 aromatic heterocycles. The van der Waals surface area contributed by atoms with Gasteiger partial charge in [-0.3, -0.25) is 4.79 Å². The van der Waals surface area contributed by atoms with Crippen LogP contribution < -0.4 is 11.1 Å². The molecule has 0 aliphatic carbocycles. The molecule has 3 heteroatoms. The van der Waals surface area contributed by atoms with Crippen LogP contribution in [0.1, 0.15) is 20.8 Å². The molecule has 10 heavy (non-hydrogen) atoms. The molecule has 3 N–H and O–H groups in total. The van der Waals surface area contributed by atoms with Crippen molar-refractivity contribution in [1.82, 2.24) is 5.32 Å². The van der Waals surface area contributed by atoms with E-state index in [-0.39, 0.29) is 11.3 Å². The van der Waals surface area contributed by atoms with Crippen molar-refractivity contribution < 1.29 is 4.79 Å². The Labute approximate surface area is 62.0 Å². The summed E-state index contributed by atoms with van der Waals surface area (Å²) < 4.78 is 0. The molecule has 0 aliphatic heterocycles. The van der Waals surface area contributed by atoms with Crippen molar-refractivity contribution >= 4 is 5.91 Å². The van der Waals surface area contributed by atoms with Gasteiger partial charge in [-0.05, 0) is 12.0 Å². The lowest BCUT2D eigenvalue weighted by molar-refractivity contribution is -0.119. The average molecular weight is 144 g/mol. The molecule has 0 atom stereocenters. The highest BCUT2D eigenvalue weighted by molar-refractivity contribution is 5.72. The molecule has 0 spiro atoms. The minimum atomic E-state index is 0.00141. The Balaban J connectivity index is 3.56. The Morgan fingerprint density at radius 3 is 2.40 bits per heavy atom. The summed E-state index contributed by atoms with van der Waals surface area (Å²) in [4.78, 5) is 10.5. The van der Waals surface area contributed by atoms with E-state index >= 15 is 0 Å². The Morgan fingerprint density at radius 1 is 1.60 bits per heavy atom. The lowest BCUT2D eigenvalue weighted by Gasteiger charge is -2.21. The highest BCUT2D eigenvalue weighted by Crippen LogP contribution is 2.09. The zero-order valence-electron chi connectivity index (χ0n) is 6.90. The van der Waals surface area contributed by atoms with Gasteiger partial charge in [-0.25, -0.2) is 0 Å². The summed E-state index contributed by atoms with van der Waals surface area (Å²) in [7, 11) is 0. The van der Waals surface area contributed by atoms with Crippen molar-refractivity contribution in [2.45, 2.75) is 20.8 Å². The van der Waals surface area contributed by atoms with Crippen molar-refractivity contribution in [2.24, 2.45) is 11.1 Å². The van der Waals surface area contributed by atoms with Crippen molar-refractivity contribution in [3.8, 4) is 0 Å². The highest BCUT2D eigenvalue weighted by Gasteiger charge is 2.14. The van der Waals surface area contributed by atoms with Crippen molar-refractivity contribution in [3.05, 3.63) is 0 Å². The van der Waals surface area contributed by atoms with E-state index in [1.165, 1.54) is 6.92 Å². The third kappa shape index (κ3) is 4.32. The second-order valence-electron chi connectivity index (χ2n) is 3.28. The summed E-state index contributed by atoms with van der Waals surface area (Å²) in [5.41, 5.74) is 5.46. The maximum atomic E-state index is 10.5. The van der Waals surface area contributed by atoms with Crippen LogP contribution in [0.25, 0.3) is 0 Å². The monoisotopic (exact) mass is 144 g/mol. The van der Waals surface area contributed by atoms with E-state index < -0.39 is 0 Å². The van der Waals surface area contributed by atoms with Crippen LogP contribution in [-0.4, -0.2) is 19.0 Å². The summed E-state index contributed by atoms with van der Waals surface area (Å²) in [6.07, 6.45) is 0. The van der Waals surface area contributed by atoms with E-state index in [1.807, 2.05) is 13.8 Å². The van der Waals surface area contributed by atoms with E-state index in [9.17, 15) is 4.79 Å². The quantitative estimate of drug-likeness (QED) is 0.590. The van der Waals surface area contributed by atoms with Crippen LogP contribution in [0.2, 0.25) is 0 Å². The first kappa shape index (κ1) is 9.43. The summed E-state index contributed by atoms with van der Waals surface area (Å²) in [6, 6.07) is 0. The number of rotatable bonds is 3. The van der Waals surface area contributed by atoms with Gasteiger partial charge in [0, 0.05) is 13.5 Å². The van der Waals surface area contributed by atoms with Gasteiger partial charge in [0.05, 0.1) is 0 Å². The number of hydrogen-bond acceptors (Lipinski definition) is 2. The molecule has 0 heterocycles. The van der Waals surface area contributed by atoms with Crippen molar-refractivity contribution in [2.75, 3.05) is 13.1 Å². The van der Waals surface area contributed by atoms with E-state index in [2.05, 4.69) is 5.32 Å². The molecule has 60 valence electrons. The third-order valence-corrected chi connectivity index (χ3v) is 1.37. The molecule has 0 bridgehead atoms. The Bertz CT molecular complexity index is 121. The van der Waals surface area contributed by atoms with E-state index in [0.717, 1.165) is 0 Å². The molecule has 0 rings (SSSR count). The number of nitrogens with one attached hydrogen (secondary N) is 1. The topological polar surface area (TPSA) is 55.1 Å². The molecular weight excluding hydrogens is 128 g/mol. The van der Waals surface area contributed by atoms with Crippen LogP contribution in [0.3, 0.4) is 0 Å². The third-order valence-electron chi connectivity index (χ3n) is 1.37. The molecule has 0 unspecified atom stereocenters. The smallest absolute Gasteiger partial charge is 0.216 e. The molecule has 0 aliphatic rings. The van der Waals surface area contributed by atoms with Crippen LogP contribution in [0.15, 0.2) is 0 Å². The number of carbonyl (C=O) groups is 1. The average Bonchev–Trinajstić information content (AvgIpc) is 1.85. The molecular formula is C7H16N2O. The van der Waals surface area contributed by atoms with Crippen LogP contribution in [-0.2, 0) is 4.79 Å². The molecule has 3 nitrogen and oxygen atoms in total. The van der Waals surface area contributed by atoms with Gasteiger partial charge in [0.1, 0.15) is 0 Å². The van der Waals surface area contributed by atoms with Crippen LogP contribution in [0.4, 0.5) is 0 Å². The largest absolute Gasteiger partial charge is 0.356 e. The zero-order valence-corrected chi connectivity index (χ0v) is 6.90. The fourth-order valence-electron chi connectivity index (χ4n) is 0.436. The van der Waals surface area contributed by atoms with E-state index in [4.69, 9.17) is 5.73 Å². The molecule has 0 aromatic rings. The summed E-state index contributed by atoms with van der Waals surface area (Å²) in [5.74, 6) is 0.00141. The maximum Gasteiger partial charge on any atom is 0.216 e. The molecule has 0 saturated heterocycles. The first-order valence-corrected chi connectivity index (χ1v) is 3.42. The molecule has 0 radical (unpaired) electrons. The minimum absolute atomic E-state index is 0.00141. The fourth-order valence-corrected chi connectivity index (χ4v) is 0.436. The van der Waals surface area contributed by atoms with Crippen LogP contribution in [0.5, 0.6) is 0 Å². The van der Waals surface area contributed by atoms with Gasteiger partial charge in [-0.1, -0.05) is 13.8 Å². The minimum Gasteiger partial charge on any atom is -0.356 e. The van der Waals surface area contributed by atoms with E-state index in [0.29, 0.717) is 13.1 Å². The standard InChI is InChI=1S/C7H16N2O/c1-6(10)9-5-7(2,3)4-8/h4-5,8H2,1-3H3,(H,9,10). The number of amides is 1. The normalized spacial score (nSPS) is 11.2. The van der Waals surface area contributed by atoms with Crippen LogP contribution in [0, 0.1) is 5.41 Å². The Hall–Kier alpha value is -0.570. The van der Waals surface area contributed by atoms with Gasteiger partial charge in [0.25, 0.3) is 0 Å². The van der Waals surface area contributed by atoms with Gasteiger partial charge in [-0.2, -0.15) is 0 Å². The number of carbonyl (C=O) groups excluding carboxylic acids is 1. The second kappa shape index (κ2) is 3.56. The van der Waals surface area contributed by atoms with Crippen LogP contribution >= 0.6 is 0 Å². The second-order valence-corrected chi connectivity index (χ2v) is 3.28. The lowest BCUT2D eigenvalue weighted by Crippen LogP contribution is -2.37. The number of nitrogens with two attached hydrogens (primary N) is 1. The fraction of sp³-hybridized carbons (Fsp3) is 0.857. The van der Waals surface area contributed by atoms with Gasteiger partial charge in [0.2, 0.25) is 5.91 Å². The number of hydrogen-bond donors (Lipinski definition) is 2. The predicted molar refractivity (Wildman–Crippen MR) is 41.5 cm³/mol. The SMILES string of the molecule is CC(=O)NCC(C)(C)CN. The highest BCUT2D eigenvalue weighted by atomic mass is 16.1. The van der Waals surface area contributed by atoms with Gasteiger partial charge in [0.15, 0.2) is 0 Å². The summed E-state index contributed by atoms with van der Waals surface area (Å²) in [5, 5.41) is 2.72. The first-order valence-electron chi connectivity index (χ1n) is 3.42. The van der Waals surface area contributed by atoms with Crippen molar-refractivity contribution in [1.29, 1.82) is 0 Å². The predicted octanol–water partition coefficient (Wildman–Crippen LogP) is 0.107. The van der Waals surface area contributed by atoms with Gasteiger partial charge < -0.3 is 11.1 Å². The zero-order chi connectivity index (χ0) is 8.20. The van der Waals surface area contributed by atoms with Crippen molar-refractivity contribution in [3.63, 3.8) is 0 Å². The molecule has 0 fully saturated rings. The Morgan fingerprint density at radius 2 is 2.10 bits per heavy atom. The molecule has 0 aromatic carbocycles. The molecule has 1 amide bonds. The van der Waals surface area contributed by atoms with E-state index in [1.54, 1.807) is 0 Å². The summed E-state index contributed by atoms with van der Waals surface area (Å²) in [6.45, 7) is 6.78. The first-order chi connectivity index (χ1) is 4.48. The van der Waals surface area contributed by atoms with Gasteiger partial charge in [-0.15, -0.1) is 0 Å². The Kier molecular flexibility index (Phi) is 3.36. The maximum absolute atomic E-state index is 10.5. The summed E-state index contributed by atoms with van der Waals surface area (Å²) >= 11 is 0. The molecule has 0 saturated carbocycles.